The number of imide groups is 1. The molecule has 0 aliphatic carbocycles. The van der Waals surface area contributed by atoms with Gasteiger partial charge < -0.3 is 9.52 Å². The fourth-order valence-corrected chi connectivity index (χ4v) is 3.63. The van der Waals surface area contributed by atoms with E-state index < -0.39 is 5.97 Å². The highest BCUT2D eigenvalue weighted by molar-refractivity contribution is 8.18. The zero-order chi connectivity index (χ0) is 19.0. The molecule has 0 saturated carbocycles. The summed E-state index contributed by atoms with van der Waals surface area (Å²) in [5.74, 6) is -0.700. The van der Waals surface area contributed by atoms with E-state index in [9.17, 15) is 14.4 Å². The van der Waals surface area contributed by atoms with Crippen LogP contribution in [0.5, 0.6) is 0 Å². The van der Waals surface area contributed by atoms with Gasteiger partial charge in [-0.05, 0) is 55.9 Å². The van der Waals surface area contributed by atoms with Crippen LogP contribution in [0.1, 0.15) is 30.0 Å². The summed E-state index contributed by atoms with van der Waals surface area (Å²) in [4.78, 5) is 36.8. The number of carboxylic acids is 1. The molecule has 0 unspecified atom stereocenters. The van der Waals surface area contributed by atoms with Gasteiger partial charge in [0, 0.05) is 17.7 Å². The minimum Gasteiger partial charge on any atom is -0.478 e. The number of carbonyl (C=O) groups excluding carboxylic acids is 2. The van der Waals surface area contributed by atoms with E-state index in [4.69, 9.17) is 21.1 Å². The van der Waals surface area contributed by atoms with Gasteiger partial charge in [0.05, 0.1) is 15.5 Å². The Balaban J connectivity index is 1.92. The number of hydrogen-bond donors (Lipinski definition) is 1. The monoisotopic (exact) mass is 391 g/mol. The van der Waals surface area contributed by atoms with Crippen molar-refractivity contribution in [2.45, 2.75) is 19.9 Å². The lowest BCUT2D eigenvalue weighted by Gasteiger charge is -2.16. The molecule has 0 atom stereocenters. The third kappa shape index (κ3) is 3.40. The van der Waals surface area contributed by atoms with Gasteiger partial charge in [0.25, 0.3) is 11.1 Å². The number of carboxylic acid groups (broad SMARTS) is 1. The van der Waals surface area contributed by atoms with Crippen molar-refractivity contribution >= 4 is 46.6 Å². The Morgan fingerprint density at radius 3 is 2.62 bits per heavy atom. The number of aromatic carboxylic acids is 1. The first-order valence-electron chi connectivity index (χ1n) is 7.68. The quantitative estimate of drug-likeness (QED) is 0.757. The second-order valence-electron chi connectivity index (χ2n) is 5.85. The van der Waals surface area contributed by atoms with Crippen LogP contribution in [0, 0.1) is 0 Å². The Kier molecular flexibility index (Phi) is 4.93. The summed E-state index contributed by atoms with van der Waals surface area (Å²) in [5, 5.41) is 9.13. The molecule has 1 saturated heterocycles. The Hall–Kier alpha value is -2.51. The van der Waals surface area contributed by atoms with Crippen molar-refractivity contribution in [1.82, 2.24) is 4.90 Å². The lowest BCUT2D eigenvalue weighted by Crippen LogP contribution is -2.34. The molecular formula is C18H14ClNO5S. The normalized spacial score (nSPS) is 16.2. The van der Waals surface area contributed by atoms with Gasteiger partial charge in [0.1, 0.15) is 11.5 Å². The smallest absolute Gasteiger partial charge is 0.335 e. The van der Waals surface area contributed by atoms with Crippen LogP contribution in [0.25, 0.3) is 17.4 Å². The van der Waals surface area contributed by atoms with Crippen molar-refractivity contribution in [2.75, 3.05) is 0 Å². The zero-order valence-corrected chi connectivity index (χ0v) is 15.4. The van der Waals surface area contributed by atoms with E-state index in [0.29, 0.717) is 22.1 Å². The maximum Gasteiger partial charge on any atom is 0.335 e. The first-order chi connectivity index (χ1) is 12.3. The van der Waals surface area contributed by atoms with Crippen LogP contribution in [0.15, 0.2) is 39.7 Å². The SMILES string of the molecule is CC(C)N1C(=O)S/C(=C/c2ccc(-c3cc(C(=O)O)ccc3Cl)o2)C1=O. The van der Waals surface area contributed by atoms with Gasteiger partial charge >= 0.3 is 5.97 Å². The minimum absolute atomic E-state index is 0.0837. The number of rotatable bonds is 4. The van der Waals surface area contributed by atoms with Gasteiger partial charge in [0.2, 0.25) is 0 Å². The highest BCUT2D eigenvalue weighted by Gasteiger charge is 2.36. The fourth-order valence-electron chi connectivity index (χ4n) is 2.48. The van der Waals surface area contributed by atoms with Gasteiger partial charge in [-0.2, -0.15) is 0 Å². The predicted octanol–water partition coefficient (Wildman–Crippen LogP) is 4.74. The molecule has 0 spiro atoms. The molecular weight excluding hydrogens is 378 g/mol. The van der Waals surface area contributed by atoms with E-state index >= 15 is 0 Å². The molecule has 2 aromatic rings. The summed E-state index contributed by atoms with van der Waals surface area (Å²) < 4.78 is 5.68. The van der Waals surface area contributed by atoms with Crippen molar-refractivity contribution in [1.29, 1.82) is 0 Å². The van der Waals surface area contributed by atoms with Gasteiger partial charge in [-0.3, -0.25) is 14.5 Å². The van der Waals surface area contributed by atoms with Crippen molar-refractivity contribution < 1.29 is 23.9 Å². The van der Waals surface area contributed by atoms with Crippen LogP contribution < -0.4 is 0 Å². The lowest BCUT2D eigenvalue weighted by atomic mass is 10.1. The second kappa shape index (κ2) is 7.01. The highest BCUT2D eigenvalue weighted by atomic mass is 35.5. The first-order valence-corrected chi connectivity index (χ1v) is 8.87. The van der Waals surface area contributed by atoms with Crippen molar-refractivity contribution in [3.8, 4) is 11.3 Å². The second-order valence-corrected chi connectivity index (χ2v) is 7.25. The fraction of sp³-hybridized carbons (Fsp3) is 0.167. The average Bonchev–Trinajstić information content (AvgIpc) is 3.12. The number of furan rings is 1. The maximum atomic E-state index is 12.3. The predicted molar refractivity (Wildman–Crippen MR) is 99.1 cm³/mol. The standard InChI is InChI=1S/C18H14ClNO5S/c1-9(2)20-16(21)15(26-18(20)24)8-11-4-6-14(25-11)12-7-10(17(22)23)3-5-13(12)19/h3-9H,1-2H3,(H,22,23)/b15-8+. The van der Waals surface area contributed by atoms with E-state index in [1.807, 2.05) is 0 Å². The largest absolute Gasteiger partial charge is 0.478 e. The van der Waals surface area contributed by atoms with Crippen LogP contribution in [0.4, 0.5) is 4.79 Å². The molecule has 134 valence electrons. The molecule has 26 heavy (non-hydrogen) atoms. The number of thioether (sulfide) groups is 1. The van der Waals surface area contributed by atoms with Gasteiger partial charge in [0.15, 0.2) is 0 Å². The topological polar surface area (TPSA) is 87.8 Å². The molecule has 3 rings (SSSR count). The number of carbonyl (C=O) groups is 3. The van der Waals surface area contributed by atoms with E-state index in [-0.39, 0.29) is 27.7 Å². The number of benzene rings is 1. The molecule has 1 N–H and O–H groups in total. The molecule has 1 aromatic carbocycles. The summed E-state index contributed by atoms with van der Waals surface area (Å²) in [6, 6.07) is 7.34. The van der Waals surface area contributed by atoms with Crippen molar-refractivity contribution in [3.05, 3.63) is 51.6 Å². The summed E-state index contributed by atoms with van der Waals surface area (Å²) in [6.07, 6.45) is 1.49. The average molecular weight is 392 g/mol. The van der Waals surface area contributed by atoms with Crippen LogP contribution in [0.3, 0.4) is 0 Å². The molecule has 6 nitrogen and oxygen atoms in total. The minimum atomic E-state index is -1.07. The van der Waals surface area contributed by atoms with Gasteiger partial charge in [-0.15, -0.1) is 0 Å². The number of hydrogen-bond acceptors (Lipinski definition) is 5. The summed E-state index contributed by atoms with van der Waals surface area (Å²) >= 11 is 6.99. The summed E-state index contributed by atoms with van der Waals surface area (Å²) in [7, 11) is 0. The van der Waals surface area contributed by atoms with Crippen LogP contribution in [0.2, 0.25) is 5.02 Å². The summed E-state index contributed by atoms with van der Waals surface area (Å²) in [5.41, 5.74) is 0.516. The summed E-state index contributed by atoms with van der Waals surface area (Å²) in [6.45, 7) is 3.53. The molecule has 2 amide bonds. The highest BCUT2D eigenvalue weighted by Crippen LogP contribution is 2.35. The van der Waals surface area contributed by atoms with E-state index in [1.165, 1.54) is 29.2 Å². The maximum absolute atomic E-state index is 12.3. The van der Waals surface area contributed by atoms with Crippen molar-refractivity contribution in [2.24, 2.45) is 0 Å². The van der Waals surface area contributed by atoms with Gasteiger partial charge in [-0.25, -0.2) is 4.79 Å². The first kappa shape index (κ1) is 18.3. The molecule has 1 fully saturated rings. The van der Waals surface area contributed by atoms with E-state index in [2.05, 4.69) is 0 Å². The van der Waals surface area contributed by atoms with E-state index in [0.717, 1.165) is 11.8 Å². The number of halogens is 1. The molecule has 8 heteroatoms. The van der Waals surface area contributed by atoms with Crippen molar-refractivity contribution in [3.63, 3.8) is 0 Å². The lowest BCUT2D eigenvalue weighted by molar-refractivity contribution is -0.123. The Morgan fingerprint density at radius 2 is 2.00 bits per heavy atom. The van der Waals surface area contributed by atoms with Crippen LogP contribution >= 0.6 is 23.4 Å². The number of nitrogens with zero attached hydrogens (tertiary/aromatic N) is 1. The molecule has 0 bridgehead atoms. The molecule has 2 heterocycles. The van der Waals surface area contributed by atoms with E-state index in [1.54, 1.807) is 26.0 Å². The Bertz CT molecular complexity index is 947. The Labute approximate surface area is 158 Å². The zero-order valence-electron chi connectivity index (χ0n) is 13.9. The molecule has 1 aliphatic rings. The number of amides is 2. The van der Waals surface area contributed by atoms with Crippen LogP contribution in [-0.2, 0) is 4.79 Å². The third-order valence-corrected chi connectivity index (χ3v) is 4.93. The molecule has 1 aromatic heterocycles. The molecule has 0 radical (unpaired) electrons. The third-order valence-electron chi connectivity index (χ3n) is 3.72. The molecule has 1 aliphatic heterocycles. The Morgan fingerprint density at radius 1 is 1.27 bits per heavy atom. The van der Waals surface area contributed by atoms with Crippen LogP contribution in [-0.4, -0.2) is 33.2 Å². The van der Waals surface area contributed by atoms with Gasteiger partial charge in [-0.1, -0.05) is 11.6 Å².